The number of nitrogens with zero attached hydrogens (tertiary/aromatic N) is 3. The number of nitrogens with one attached hydrogen (secondary N) is 1. The van der Waals surface area contributed by atoms with Crippen LogP contribution in [0.15, 0.2) is 0 Å². The van der Waals surface area contributed by atoms with Gasteiger partial charge in [0.05, 0.1) is 0 Å². The molecule has 1 saturated heterocycles. The summed E-state index contributed by atoms with van der Waals surface area (Å²) < 4.78 is 64.3. The van der Waals surface area contributed by atoms with E-state index in [4.69, 9.17) is 0 Å². The fourth-order valence-electron chi connectivity index (χ4n) is 2.10. The zero-order valence-electron chi connectivity index (χ0n) is 11.2. The highest BCUT2D eigenvalue weighted by atomic mass is 32.2. The summed E-state index contributed by atoms with van der Waals surface area (Å²) in [5, 5.41) is 3.74. The third-order valence-electron chi connectivity index (χ3n) is 3.28. The molecule has 11 heteroatoms. The molecule has 0 bridgehead atoms. The second kappa shape index (κ2) is 6.05. The number of piperidine rings is 1. The van der Waals surface area contributed by atoms with E-state index in [1.165, 1.54) is 11.5 Å². The van der Waals surface area contributed by atoms with Crippen LogP contribution in [-0.4, -0.2) is 47.2 Å². The van der Waals surface area contributed by atoms with Gasteiger partial charge < -0.3 is 5.32 Å². The highest BCUT2D eigenvalue weighted by Gasteiger charge is 2.50. The number of sulfonamides is 1. The molecule has 0 aromatic carbocycles. The third-order valence-corrected chi connectivity index (χ3v) is 5.67. The van der Waals surface area contributed by atoms with Crippen molar-refractivity contribution in [2.45, 2.75) is 25.3 Å². The van der Waals surface area contributed by atoms with Gasteiger partial charge in [0.1, 0.15) is 5.82 Å². The minimum atomic E-state index is -5.22. The Balaban J connectivity index is 1.83. The Kier molecular flexibility index (Phi) is 4.73. The first-order valence-electron chi connectivity index (χ1n) is 6.31. The maximum Gasteiger partial charge on any atom is 0.511 e. The number of halogens is 3. The molecule has 0 saturated carbocycles. The van der Waals surface area contributed by atoms with Crippen molar-refractivity contribution in [2.75, 3.05) is 25.0 Å². The molecule has 120 valence electrons. The van der Waals surface area contributed by atoms with Gasteiger partial charge in [-0.2, -0.15) is 21.9 Å². The van der Waals surface area contributed by atoms with Gasteiger partial charge >= 0.3 is 15.5 Å². The van der Waals surface area contributed by atoms with Crippen molar-refractivity contribution in [1.82, 2.24) is 13.7 Å². The Labute approximate surface area is 124 Å². The van der Waals surface area contributed by atoms with E-state index in [0.29, 0.717) is 34.6 Å². The summed E-state index contributed by atoms with van der Waals surface area (Å²) in [5.74, 6) is 0.780. The predicted octanol–water partition coefficient (Wildman–Crippen LogP) is 1.82. The summed E-state index contributed by atoms with van der Waals surface area (Å²) in [6.45, 7) is 2.10. The van der Waals surface area contributed by atoms with Gasteiger partial charge in [-0.05, 0) is 25.7 Å². The van der Waals surface area contributed by atoms with Gasteiger partial charge in [0.2, 0.25) is 5.13 Å². The van der Waals surface area contributed by atoms with E-state index >= 15 is 0 Å². The molecule has 2 heterocycles. The molecule has 0 unspecified atom stereocenters. The van der Waals surface area contributed by atoms with Crippen LogP contribution in [0.5, 0.6) is 0 Å². The molecular formula is C10H15F3N4O2S2. The lowest BCUT2D eigenvalue weighted by molar-refractivity contribution is -0.0496. The smallest absolute Gasteiger partial charge is 0.360 e. The third kappa shape index (κ3) is 3.83. The van der Waals surface area contributed by atoms with Crippen LogP contribution >= 0.6 is 11.5 Å². The minimum absolute atomic E-state index is 0.108. The monoisotopic (exact) mass is 344 g/mol. The minimum Gasteiger partial charge on any atom is -0.360 e. The van der Waals surface area contributed by atoms with Gasteiger partial charge in [-0.3, -0.25) is 0 Å². The standard InChI is InChI=1S/C10H15F3N4O2S2/c1-7-15-9(20-16-7)14-6-8-2-4-17(5-3-8)21(18,19)10(11,12)13/h8H,2-6H2,1H3,(H,14,15,16). The summed E-state index contributed by atoms with van der Waals surface area (Å²) in [4.78, 5) is 4.12. The van der Waals surface area contributed by atoms with Gasteiger partial charge in [0.25, 0.3) is 0 Å². The average molecular weight is 344 g/mol. The second-order valence-electron chi connectivity index (χ2n) is 4.82. The summed E-state index contributed by atoms with van der Waals surface area (Å²) in [6.07, 6.45) is 0.778. The molecule has 6 nitrogen and oxygen atoms in total. The van der Waals surface area contributed by atoms with Crippen LogP contribution in [0.3, 0.4) is 0 Å². The topological polar surface area (TPSA) is 75.2 Å². The Hall–Kier alpha value is -0.940. The fraction of sp³-hybridized carbons (Fsp3) is 0.800. The number of hydrogen-bond donors (Lipinski definition) is 1. The molecule has 1 N–H and O–H groups in total. The van der Waals surface area contributed by atoms with Crippen LogP contribution in [0.25, 0.3) is 0 Å². The zero-order chi connectivity index (χ0) is 15.7. The summed E-state index contributed by atoms with van der Waals surface area (Å²) >= 11 is 1.22. The summed E-state index contributed by atoms with van der Waals surface area (Å²) in [6, 6.07) is 0. The van der Waals surface area contributed by atoms with Gasteiger partial charge in [-0.1, -0.05) is 0 Å². The van der Waals surface area contributed by atoms with Gasteiger partial charge in [0.15, 0.2) is 0 Å². The van der Waals surface area contributed by atoms with Crippen molar-refractivity contribution in [2.24, 2.45) is 5.92 Å². The molecule has 0 atom stereocenters. The lowest BCUT2D eigenvalue weighted by Crippen LogP contribution is -2.45. The lowest BCUT2D eigenvalue weighted by atomic mass is 9.98. The van der Waals surface area contributed by atoms with E-state index in [1.54, 1.807) is 6.92 Å². The van der Waals surface area contributed by atoms with Gasteiger partial charge in [-0.25, -0.2) is 13.4 Å². The Morgan fingerprint density at radius 2 is 2.00 bits per heavy atom. The largest absolute Gasteiger partial charge is 0.511 e. The summed E-state index contributed by atoms with van der Waals surface area (Å²) in [7, 11) is -5.19. The molecule has 1 fully saturated rings. The van der Waals surface area contributed by atoms with E-state index in [2.05, 4.69) is 14.7 Å². The van der Waals surface area contributed by atoms with Crippen LogP contribution in [0, 0.1) is 12.8 Å². The van der Waals surface area contributed by atoms with Crippen molar-refractivity contribution in [1.29, 1.82) is 0 Å². The molecule has 0 amide bonds. The highest BCUT2D eigenvalue weighted by molar-refractivity contribution is 7.90. The Bertz CT molecular complexity index is 579. The first-order valence-corrected chi connectivity index (χ1v) is 8.52. The van der Waals surface area contributed by atoms with E-state index < -0.39 is 15.5 Å². The molecule has 0 spiro atoms. The van der Waals surface area contributed by atoms with Crippen molar-refractivity contribution >= 4 is 26.7 Å². The molecule has 0 radical (unpaired) electrons. The molecule has 1 aromatic rings. The number of alkyl halides is 3. The number of hydrogen-bond acceptors (Lipinski definition) is 6. The molecule has 1 aliphatic heterocycles. The van der Waals surface area contributed by atoms with E-state index in [0.717, 1.165) is 0 Å². The van der Waals surface area contributed by atoms with Crippen molar-refractivity contribution in [3.8, 4) is 0 Å². The Morgan fingerprint density at radius 3 is 2.48 bits per heavy atom. The van der Waals surface area contributed by atoms with Gasteiger partial charge in [0, 0.05) is 31.2 Å². The van der Waals surface area contributed by atoms with Crippen LogP contribution in [0.2, 0.25) is 0 Å². The van der Waals surface area contributed by atoms with Crippen LogP contribution in [0.4, 0.5) is 18.3 Å². The molecule has 1 aliphatic rings. The van der Waals surface area contributed by atoms with Crippen LogP contribution in [0.1, 0.15) is 18.7 Å². The zero-order valence-corrected chi connectivity index (χ0v) is 12.9. The molecule has 2 rings (SSSR count). The van der Waals surface area contributed by atoms with Crippen LogP contribution < -0.4 is 5.32 Å². The maximum absolute atomic E-state index is 12.4. The maximum atomic E-state index is 12.4. The van der Waals surface area contributed by atoms with E-state index in [-0.39, 0.29) is 19.0 Å². The normalized spacial score (nSPS) is 18.9. The SMILES string of the molecule is Cc1nsc(NCC2CCN(S(=O)(=O)C(F)(F)F)CC2)n1. The van der Waals surface area contributed by atoms with Crippen molar-refractivity contribution in [3.63, 3.8) is 0 Å². The highest BCUT2D eigenvalue weighted by Crippen LogP contribution is 2.30. The van der Waals surface area contributed by atoms with E-state index in [9.17, 15) is 21.6 Å². The quantitative estimate of drug-likeness (QED) is 0.902. The van der Waals surface area contributed by atoms with Crippen LogP contribution in [-0.2, 0) is 10.0 Å². The van der Waals surface area contributed by atoms with E-state index in [1.807, 2.05) is 0 Å². The predicted molar refractivity (Wildman–Crippen MR) is 72.4 cm³/mol. The number of anilines is 1. The number of aromatic nitrogens is 2. The van der Waals surface area contributed by atoms with Crippen molar-refractivity contribution < 1.29 is 21.6 Å². The summed E-state index contributed by atoms with van der Waals surface area (Å²) in [5.41, 5.74) is -5.22. The van der Waals surface area contributed by atoms with Crippen molar-refractivity contribution in [3.05, 3.63) is 5.82 Å². The molecule has 1 aromatic heterocycles. The lowest BCUT2D eigenvalue weighted by Gasteiger charge is -2.31. The molecule has 0 aliphatic carbocycles. The first-order chi connectivity index (χ1) is 9.70. The number of aryl methyl sites for hydroxylation is 1. The second-order valence-corrected chi connectivity index (χ2v) is 7.50. The fourth-order valence-corrected chi connectivity index (χ4v) is 3.67. The molecular weight excluding hydrogens is 329 g/mol. The Morgan fingerprint density at radius 1 is 1.38 bits per heavy atom. The first kappa shape index (κ1) is 16.4. The average Bonchev–Trinajstić information content (AvgIpc) is 2.81. The van der Waals surface area contributed by atoms with Gasteiger partial charge in [-0.15, -0.1) is 0 Å². The number of rotatable bonds is 4. The molecule has 21 heavy (non-hydrogen) atoms.